The summed E-state index contributed by atoms with van der Waals surface area (Å²) in [5, 5.41) is 0.762. The maximum Gasteiger partial charge on any atom is 0.0406 e. The van der Waals surface area contributed by atoms with Crippen molar-refractivity contribution in [3.63, 3.8) is 0 Å². The molecule has 0 N–H and O–H groups in total. The van der Waals surface area contributed by atoms with Gasteiger partial charge < -0.3 is 0 Å². The molecule has 21 heavy (non-hydrogen) atoms. The zero-order chi connectivity index (χ0) is 15.0. The summed E-state index contributed by atoms with van der Waals surface area (Å²) < 4.78 is 0. The maximum atomic E-state index is 6.01. The summed E-state index contributed by atoms with van der Waals surface area (Å²) >= 11 is 6.01. The molecule has 0 radical (unpaired) electrons. The monoisotopic (exact) mass is 292 g/mol. The molecule has 2 aromatic rings. The fourth-order valence-electron chi connectivity index (χ4n) is 2.87. The van der Waals surface area contributed by atoms with E-state index in [1.54, 1.807) is 0 Å². The van der Waals surface area contributed by atoms with E-state index in [9.17, 15) is 0 Å². The second kappa shape index (κ2) is 5.38. The summed E-state index contributed by atoms with van der Waals surface area (Å²) in [4.78, 5) is 0. The van der Waals surface area contributed by atoms with Gasteiger partial charge in [-0.05, 0) is 59.4 Å². The number of benzene rings is 2. The Morgan fingerprint density at radius 1 is 0.810 bits per heavy atom. The van der Waals surface area contributed by atoms with Crippen molar-refractivity contribution >= 4 is 22.7 Å². The van der Waals surface area contributed by atoms with Crippen molar-refractivity contribution in [3.8, 4) is 0 Å². The molecule has 0 fully saturated rings. The fourth-order valence-corrected chi connectivity index (χ4v) is 3.00. The Hall–Kier alpha value is -2.05. The summed E-state index contributed by atoms with van der Waals surface area (Å²) in [5.74, 6) is 0. The smallest absolute Gasteiger partial charge is 0.0406 e. The lowest BCUT2D eigenvalue weighted by molar-refractivity contribution is 1.29. The van der Waals surface area contributed by atoms with Crippen LogP contribution in [0.25, 0.3) is 11.1 Å². The quantitative estimate of drug-likeness (QED) is 0.622. The first-order valence-corrected chi connectivity index (χ1v) is 7.40. The van der Waals surface area contributed by atoms with Gasteiger partial charge in [0.2, 0.25) is 0 Å². The van der Waals surface area contributed by atoms with Crippen LogP contribution in [0.5, 0.6) is 0 Å². The van der Waals surface area contributed by atoms with Crippen LogP contribution in [0.2, 0.25) is 5.02 Å². The van der Waals surface area contributed by atoms with E-state index in [1.807, 2.05) is 18.2 Å². The summed E-state index contributed by atoms with van der Waals surface area (Å²) in [6.07, 6.45) is 0. The number of hydrogen-bond acceptors (Lipinski definition) is 0. The summed E-state index contributed by atoms with van der Waals surface area (Å²) in [6, 6.07) is 18.5. The fraction of sp³-hybridized carbons (Fsp3) is 0.100. The number of allylic oxidation sites excluding steroid dienone is 5. The van der Waals surface area contributed by atoms with E-state index in [4.69, 9.17) is 11.6 Å². The average molecular weight is 293 g/mol. The Labute approximate surface area is 131 Å². The van der Waals surface area contributed by atoms with Gasteiger partial charge in [-0.3, -0.25) is 0 Å². The first-order valence-electron chi connectivity index (χ1n) is 7.02. The highest BCUT2D eigenvalue weighted by molar-refractivity contribution is 6.30. The van der Waals surface area contributed by atoms with Gasteiger partial charge in [0.05, 0.1) is 0 Å². The Kier molecular flexibility index (Phi) is 3.57. The number of hydrogen-bond donors (Lipinski definition) is 0. The predicted octanol–water partition coefficient (Wildman–Crippen LogP) is 6.16. The van der Waals surface area contributed by atoms with Gasteiger partial charge in [-0.2, -0.15) is 0 Å². The van der Waals surface area contributed by atoms with Crippen LogP contribution in [0.15, 0.2) is 77.9 Å². The first kappa shape index (κ1) is 13.9. The van der Waals surface area contributed by atoms with Gasteiger partial charge in [0.1, 0.15) is 0 Å². The lowest BCUT2D eigenvalue weighted by Crippen LogP contribution is -2.11. The lowest BCUT2D eigenvalue weighted by atomic mass is 9.71. The van der Waals surface area contributed by atoms with E-state index in [-0.39, 0.29) is 0 Å². The highest BCUT2D eigenvalue weighted by Gasteiger charge is 2.30. The molecule has 2 aromatic carbocycles. The van der Waals surface area contributed by atoms with E-state index >= 15 is 0 Å². The van der Waals surface area contributed by atoms with Crippen molar-refractivity contribution in [2.75, 3.05) is 0 Å². The summed E-state index contributed by atoms with van der Waals surface area (Å²) in [5.41, 5.74) is 8.64. The van der Waals surface area contributed by atoms with Gasteiger partial charge in [-0.15, -0.1) is 0 Å². The molecule has 0 spiro atoms. The molecule has 0 aliphatic heterocycles. The molecular weight excluding hydrogens is 276 g/mol. The van der Waals surface area contributed by atoms with Crippen LogP contribution in [-0.4, -0.2) is 0 Å². The first-order chi connectivity index (χ1) is 10.1. The molecular formula is C20H17Cl. The van der Waals surface area contributed by atoms with Crippen LogP contribution >= 0.6 is 11.6 Å². The average Bonchev–Trinajstić information content (AvgIpc) is 2.46. The third-order valence-electron chi connectivity index (χ3n) is 3.80. The van der Waals surface area contributed by atoms with E-state index in [1.165, 1.54) is 33.4 Å². The lowest BCUT2D eigenvalue weighted by Gasteiger charge is -2.32. The third kappa shape index (κ3) is 2.36. The number of halogens is 1. The van der Waals surface area contributed by atoms with E-state index in [0.29, 0.717) is 0 Å². The Bertz CT molecular complexity index is 755. The maximum absolute atomic E-state index is 6.01. The van der Waals surface area contributed by atoms with Gasteiger partial charge in [-0.1, -0.05) is 66.2 Å². The van der Waals surface area contributed by atoms with Crippen molar-refractivity contribution in [2.45, 2.75) is 13.8 Å². The van der Waals surface area contributed by atoms with Gasteiger partial charge in [0.15, 0.2) is 0 Å². The zero-order valence-corrected chi connectivity index (χ0v) is 13.0. The molecule has 0 saturated heterocycles. The third-order valence-corrected chi connectivity index (χ3v) is 4.05. The highest BCUT2D eigenvalue weighted by atomic mass is 35.5. The normalized spacial score (nSPS) is 14.2. The topological polar surface area (TPSA) is 0 Å². The van der Waals surface area contributed by atoms with Crippen LogP contribution in [-0.2, 0) is 0 Å². The molecule has 0 aromatic heterocycles. The minimum absolute atomic E-state index is 0.762. The molecule has 0 nitrogen and oxygen atoms in total. The molecule has 104 valence electrons. The molecule has 1 aliphatic rings. The van der Waals surface area contributed by atoms with Crippen molar-refractivity contribution in [1.29, 1.82) is 0 Å². The minimum atomic E-state index is 0.762. The summed E-state index contributed by atoms with van der Waals surface area (Å²) in [6.45, 7) is 8.55. The molecule has 3 rings (SSSR count). The van der Waals surface area contributed by atoms with Gasteiger partial charge in [0.25, 0.3) is 0 Å². The second-order valence-electron chi connectivity index (χ2n) is 5.48. The van der Waals surface area contributed by atoms with Crippen molar-refractivity contribution in [2.24, 2.45) is 0 Å². The molecule has 0 amide bonds. The van der Waals surface area contributed by atoms with Crippen LogP contribution < -0.4 is 0 Å². The molecule has 0 unspecified atom stereocenters. The highest BCUT2D eigenvalue weighted by Crippen LogP contribution is 2.51. The Morgan fingerprint density at radius 3 is 1.95 bits per heavy atom. The van der Waals surface area contributed by atoms with Crippen LogP contribution in [0, 0.1) is 0 Å². The Morgan fingerprint density at radius 2 is 1.38 bits per heavy atom. The van der Waals surface area contributed by atoms with Gasteiger partial charge >= 0.3 is 0 Å². The Balaban J connectivity index is 2.23. The SMILES string of the molecule is C=C1C(=C(C)C)C(c2ccc(Cl)cc2)=C1c1ccccc1. The van der Waals surface area contributed by atoms with E-state index in [2.05, 4.69) is 56.8 Å². The van der Waals surface area contributed by atoms with Crippen molar-refractivity contribution < 1.29 is 0 Å². The standard InChI is InChI=1S/C20H17Cl/c1-13(2)18-14(3)19(15-7-5-4-6-8-15)20(18)16-9-11-17(21)12-10-16/h4-12H,3H2,1-2H3. The molecule has 1 aliphatic carbocycles. The van der Waals surface area contributed by atoms with Crippen molar-refractivity contribution in [1.82, 2.24) is 0 Å². The molecule has 0 saturated carbocycles. The van der Waals surface area contributed by atoms with Crippen molar-refractivity contribution in [3.05, 3.63) is 94.0 Å². The van der Waals surface area contributed by atoms with Crippen LogP contribution in [0.3, 0.4) is 0 Å². The predicted molar refractivity (Wildman–Crippen MR) is 92.2 cm³/mol. The number of rotatable bonds is 2. The minimum Gasteiger partial charge on any atom is -0.0905 e. The zero-order valence-electron chi connectivity index (χ0n) is 12.3. The van der Waals surface area contributed by atoms with Crippen LogP contribution in [0.4, 0.5) is 0 Å². The van der Waals surface area contributed by atoms with Crippen LogP contribution in [0.1, 0.15) is 25.0 Å². The van der Waals surface area contributed by atoms with E-state index < -0.39 is 0 Å². The van der Waals surface area contributed by atoms with Gasteiger partial charge in [0, 0.05) is 5.02 Å². The molecule has 1 heteroatoms. The largest absolute Gasteiger partial charge is 0.0905 e. The van der Waals surface area contributed by atoms with Gasteiger partial charge in [-0.25, -0.2) is 0 Å². The van der Waals surface area contributed by atoms with E-state index in [0.717, 1.165) is 10.6 Å². The summed E-state index contributed by atoms with van der Waals surface area (Å²) in [7, 11) is 0. The second-order valence-corrected chi connectivity index (χ2v) is 5.91. The molecule has 0 heterocycles. The molecule has 0 bridgehead atoms. The molecule has 0 atom stereocenters.